The minimum atomic E-state index is -0.0386. The number of carbonyl (C=O) groups is 1. The summed E-state index contributed by atoms with van der Waals surface area (Å²) in [5.41, 5.74) is 2.91. The molecule has 1 amide bonds. The van der Waals surface area contributed by atoms with Crippen LogP contribution >= 0.6 is 34.8 Å². The van der Waals surface area contributed by atoms with Crippen molar-refractivity contribution in [2.45, 2.75) is 31.9 Å². The molecule has 0 spiro atoms. The number of piperidine rings is 1. The molecular formula is C24H28Cl3N3O2. The maximum absolute atomic E-state index is 12.7. The number of hydrogen-bond acceptors (Lipinski definition) is 4. The van der Waals surface area contributed by atoms with E-state index in [1.165, 1.54) is 0 Å². The number of carbonyl (C=O) groups excluding carboxylic acids is 1. The molecule has 0 aliphatic carbocycles. The minimum absolute atomic E-state index is 0.0386. The summed E-state index contributed by atoms with van der Waals surface area (Å²) in [5, 5.41) is 5.36. The van der Waals surface area contributed by atoms with E-state index in [1.807, 2.05) is 36.1 Å². The number of halogens is 3. The van der Waals surface area contributed by atoms with Gasteiger partial charge in [-0.15, -0.1) is 0 Å². The molecule has 2 saturated heterocycles. The van der Waals surface area contributed by atoms with Crippen LogP contribution in [0.1, 0.15) is 31.4 Å². The molecule has 2 aliphatic rings. The second-order valence-electron chi connectivity index (χ2n) is 8.56. The number of anilines is 2. The van der Waals surface area contributed by atoms with Crippen LogP contribution in [0, 0.1) is 5.92 Å². The Morgan fingerprint density at radius 2 is 1.78 bits per heavy atom. The second-order valence-corrected chi connectivity index (χ2v) is 9.81. The summed E-state index contributed by atoms with van der Waals surface area (Å²) in [7, 11) is 1.70. The van der Waals surface area contributed by atoms with Crippen LogP contribution in [-0.4, -0.2) is 50.2 Å². The van der Waals surface area contributed by atoms with E-state index < -0.39 is 0 Å². The van der Waals surface area contributed by atoms with Gasteiger partial charge in [-0.25, -0.2) is 0 Å². The van der Waals surface area contributed by atoms with Gasteiger partial charge in [0, 0.05) is 54.9 Å². The first-order chi connectivity index (χ1) is 15.4. The summed E-state index contributed by atoms with van der Waals surface area (Å²) < 4.78 is 5.28. The maximum Gasteiger partial charge on any atom is 0.225 e. The fourth-order valence-electron chi connectivity index (χ4n) is 4.39. The van der Waals surface area contributed by atoms with Crippen LogP contribution in [0.4, 0.5) is 11.4 Å². The van der Waals surface area contributed by atoms with E-state index in [2.05, 4.69) is 16.3 Å². The second kappa shape index (κ2) is 10.1. The average Bonchev–Trinajstić information content (AvgIpc) is 2.74. The highest BCUT2D eigenvalue weighted by atomic mass is 35.5. The van der Waals surface area contributed by atoms with Crippen LogP contribution in [0.15, 0.2) is 36.4 Å². The smallest absolute Gasteiger partial charge is 0.225 e. The third kappa shape index (κ3) is 5.12. The number of rotatable bonds is 6. The molecule has 1 atom stereocenters. The molecule has 0 bridgehead atoms. The van der Waals surface area contributed by atoms with E-state index in [0.29, 0.717) is 15.1 Å². The van der Waals surface area contributed by atoms with Gasteiger partial charge in [-0.1, -0.05) is 40.9 Å². The Kier molecular flexibility index (Phi) is 7.40. The lowest BCUT2D eigenvalue weighted by Crippen LogP contribution is -2.56. The SMILES string of the molecule is COC1CN(C(=O)C2CCN(c3ccc(Cl)c(NC(C)c4ccc(Cl)cc4Cl)c3)CC2)C1. The van der Waals surface area contributed by atoms with Gasteiger partial charge in [0.15, 0.2) is 0 Å². The predicted octanol–water partition coefficient (Wildman–Crippen LogP) is 5.89. The van der Waals surface area contributed by atoms with Crippen molar-refractivity contribution >= 4 is 52.1 Å². The van der Waals surface area contributed by atoms with Crippen molar-refractivity contribution in [3.63, 3.8) is 0 Å². The van der Waals surface area contributed by atoms with Gasteiger partial charge in [-0.05, 0) is 55.7 Å². The van der Waals surface area contributed by atoms with Gasteiger partial charge in [-0.3, -0.25) is 4.79 Å². The molecule has 8 heteroatoms. The standard InChI is InChI=1S/C24H28Cl3N3O2/c1-15(20-5-3-17(25)11-22(20)27)28-23-12-18(4-6-21(23)26)29-9-7-16(8-10-29)24(31)30-13-19(14-30)32-2/h3-6,11-12,15-16,19,28H,7-10,13-14H2,1-2H3. The number of amides is 1. The number of nitrogens with zero attached hydrogens (tertiary/aromatic N) is 2. The number of hydrogen-bond donors (Lipinski definition) is 1. The van der Waals surface area contributed by atoms with Crippen LogP contribution < -0.4 is 10.2 Å². The molecule has 1 N–H and O–H groups in total. The third-order valence-corrected chi connectivity index (χ3v) is 7.35. The highest BCUT2D eigenvalue weighted by molar-refractivity contribution is 6.35. The van der Waals surface area contributed by atoms with Crippen molar-refractivity contribution in [1.29, 1.82) is 0 Å². The van der Waals surface area contributed by atoms with Gasteiger partial charge in [0.2, 0.25) is 5.91 Å². The first kappa shape index (κ1) is 23.5. The number of methoxy groups -OCH3 is 1. The number of nitrogens with one attached hydrogen (secondary N) is 1. The van der Waals surface area contributed by atoms with E-state index in [9.17, 15) is 4.79 Å². The summed E-state index contributed by atoms with van der Waals surface area (Å²) in [4.78, 5) is 16.9. The molecule has 2 aromatic rings. The Hall–Kier alpha value is -1.66. The summed E-state index contributed by atoms with van der Waals surface area (Å²) >= 11 is 18.9. The van der Waals surface area contributed by atoms with E-state index in [1.54, 1.807) is 13.2 Å². The van der Waals surface area contributed by atoms with Gasteiger partial charge in [0.1, 0.15) is 0 Å². The lowest BCUT2D eigenvalue weighted by Gasteiger charge is -2.42. The molecule has 172 valence electrons. The lowest BCUT2D eigenvalue weighted by molar-refractivity contribution is -0.148. The quantitative estimate of drug-likeness (QED) is 0.541. The summed E-state index contributed by atoms with van der Waals surface area (Å²) in [6.45, 7) is 5.17. The predicted molar refractivity (Wildman–Crippen MR) is 132 cm³/mol. The van der Waals surface area contributed by atoms with Crippen molar-refractivity contribution in [3.05, 3.63) is 57.0 Å². The van der Waals surface area contributed by atoms with Crippen molar-refractivity contribution in [2.75, 3.05) is 43.5 Å². The molecule has 2 heterocycles. The zero-order valence-corrected chi connectivity index (χ0v) is 20.6. The van der Waals surface area contributed by atoms with Crippen molar-refractivity contribution in [3.8, 4) is 0 Å². The highest BCUT2D eigenvalue weighted by Gasteiger charge is 2.35. The topological polar surface area (TPSA) is 44.8 Å². The summed E-state index contributed by atoms with van der Waals surface area (Å²) in [6, 6.07) is 11.5. The van der Waals surface area contributed by atoms with Crippen LogP contribution in [0.2, 0.25) is 15.1 Å². The Balaban J connectivity index is 1.38. The molecule has 0 saturated carbocycles. The number of ether oxygens (including phenoxy) is 1. The van der Waals surface area contributed by atoms with Crippen LogP contribution in [0.25, 0.3) is 0 Å². The number of benzene rings is 2. The summed E-state index contributed by atoms with van der Waals surface area (Å²) in [6.07, 6.45) is 1.91. The normalized spacial score (nSPS) is 18.4. The maximum atomic E-state index is 12.7. The highest BCUT2D eigenvalue weighted by Crippen LogP contribution is 2.34. The van der Waals surface area contributed by atoms with Crippen LogP contribution in [0.3, 0.4) is 0 Å². The first-order valence-corrected chi connectivity index (χ1v) is 12.1. The molecule has 0 aromatic heterocycles. The third-order valence-electron chi connectivity index (χ3n) is 6.45. The van der Waals surface area contributed by atoms with E-state index in [-0.39, 0.29) is 24.0 Å². The molecule has 2 aromatic carbocycles. The van der Waals surface area contributed by atoms with Crippen molar-refractivity contribution in [1.82, 2.24) is 4.90 Å². The Morgan fingerprint density at radius 3 is 2.44 bits per heavy atom. The van der Waals surface area contributed by atoms with Crippen LogP contribution in [-0.2, 0) is 9.53 Å². The molecule has 5 nitrogen and oxygen atoms in total. The van der Waals surface area contributed by atoms with E-state index in [0.717, 1.165) is 56.0 Å². The molecular weight excluding hydrogens is 469 g/mol. The Bertz CT molecular complexity index is 973. The van der Waals surface area contributed by atoms with Gasteiger partial charge < -0.3 is 19.9 Å². The Labute approximate surface area is 204 Å². The molecule has 32 heavy (non-hydrogen) atoms. The minimum Gasteiger partial charge on any atom is -0.378 e. The molecule has 4 rings (SSSR count). The number of likely N-dealkylation sites (tertiary alicyclic amines) is 1. The zero-order valence-electron chi connectivity index (χ0n) is 18.3. The molecule has 1 unspecified atom stereocenters. The van der Waals surface area contributed by atoms with Crippen molar-refractivity contribution < 1.29 is 9.53 Å². The van der Waals surface area contributed by atoms with Crippen LogP contribution in [0.5, 0.6) is 0 Å². The van der Waals surface area contributed by atoms with Gasteiger partial charge in [-0.2, -0.15) is 0 Å². The lowest BCUT2D eigenvalue weighted by atomic mass is 9.93. The average molecular weight is 497 g/mol. The van der Waals surface area contributed by atoms with E-state index >= 15 is 0 Å². The van der Waals surface area contributed by atoms with E-state index in [4.69, 9.17) is 39.5 Å². The largest absolute Gasteiger partial charge is 0.378 e. The van der Waals surface area contributed by atoms with Crippen molar-refractivity contribution in [2.24, 2.45) is 5.92 Å². The Morgan fingerprint density at radius 1 is 1.06 bits per heavy atom. The van der Waals surface area contributed by atoms with Gasteiger partial charge >= 0.3 is 0 Å². The van der Waals surface area contributed by atoms with Gasteiger partial charge in [0.25, 0.3) is 0 Å². The molecule has 2 aliphatic heterocycles. The fourth-order valence-corrected chi connectivity index (χ4v) is 5.14. The van der Waals surface area contributed by atoms with Gasteiger partial charge in [0.05, 0.1) is 22.9 Å². The monoisotopic (exact) mass is 495 g/mol. The zero-order chi connectivity index (χ0) is 22.8. The first-order valence-electron chi connectivity index (χ1n) is 10.9. The molecule has 0 radical (unpaired) electrons. The fraction of sp³-hybridized carbons (Fsp3) is 0.458. The molecule has 2 fully saturated rings. The summed E-state index contributed by atoms with van der Waals surface area (Å²) in [5.74, 6) is 0.367.